The number of carbonyl (C=O) groups excluding carboxylic acids is 2. The van der Waals surface area contributed by atoms with Gasteiger partial charge in [0.15, 0.2) is 5.06 Å². The molecule has 4 nitrogen and oxygen atoms in total. The van der Waals surface area contributed by atoms with Gasteiger partial charge in [0.1, 0.15) is 0 Å². The second kappa shape index (κ2) is 7.04. The summed E-state index contributed by atoms with van der Waals surface area (Å²) in [6, 6.07) is 9.70. The third-order valence-electron chi connectivity index (χ3n) is 3.23. The van der Waals surface area contributed by atoms with E-state index < -0.39 is 0 Å². The van der Waals surface area contributed by atoms with E-state index in [9.17, 15) is 9.59 Å². The molecule has 0 saturated carbocycles. The van der Waals surface area contributed by atoms with Gasteiger partial charge in [0.05, 0.1) is 12.2 Å². The molecule has 0 atom stereocenters. The van der Waals surface area contributed by atoms with Crippen LogP contribution in [0.25, 0.3) is 0 Å². The Morgan fingerprint density at radius 1 is 1.38 bits per heavy atom. The molecule has 5 heteroatoms. The minimum atomic E-state index is 0.0358. The highest BCUT2D eigenvalue weighted by atomic mass is 32.1. The number of hydrogen-bond acceptors (Lipinski definition) is 4. The van der Waals surface area contributed by atoms with E-state index in [0.717, 1.165) is 16.8 Å². The van der Waals surface area contributed by atoms with E-state index in [4.69, 9.17) is 4.74 Å². The molecule has 0 saturated heterocycles. The summed E-state index contributed by atoms with van der Waals surface area (Å²) in [6.07, 6.45) is 0.422. The average Bonchev–Trinajstić information content (AvgIpc) is 2.94. The summed E-state index contributed by atoms with van der Waals surface area (Å²) in [6.45, 7) is 4.76. The second-order valence-electron chi connectivity index (χ2n) is 4.60. The molecule has 2 aromatic rings. The summed E-state index contributed by atoms with van der Waals surface area (Å²) >= 11 is 1.30. The van der Waals surface area contributed by atoms with Crippen LogP contribution in [0.2, 0.25) is 0 Å². The van der Waals surface area contributed by atoms with E-state index in [1.165, 1.54) is 11.3 Å². The minimum absolute atomic E-state index is 0.0358. The number of ether oxygens (including phenoxy) is 1. The fraction of sp³-hybridized carbons (Fsp3) is 0.250. The van der Waals surface area contributed by atoms with Crippen molar-refractivity contribution in [3.8, 4) is 5.06 Å². The van der Waals surface area contributed by atoms with Crippen molar-refractivity contribution in [1.29, 1.82) is 0 Å². The highest BCUT2D eigenvalue weighted by Gasteiger charge is 2.17. The minimum Gasteiger partial charge on any atom is -0.418 e. The number of anilines is 1. The van der Waals surface area contributed by atoms with Crippen molar-refractivity contribution >= 4 is 29.4 Å². The third-order valence-corrected chi connectivity index (χ3v) is 4.04. The zero-order valence-corrected chi connectivity index (χ0v) is 12.9. The van der Waals surface area contributed by atoms with Crippen molar-refractivity contribution in [2.24, 2.45) is 0 Å². The summed E-state index contributed by atoms with van der Waals surface area (Å²) < 4.78 is 4.82. The molecule has 21 heavy (non-hydrogen) atoms. The zero-order valence-electron chi connectivity index (χ0n) is 12.0. The molecule has 1 aromatic carbocycles. The molecule has 0 unspecified atom stereocenters. The Hall–Kier alpha value is -2.14. The van der Waals surface area contributed by atoms with Gasteiger partial charge in [0.25, 0.3) is 6.47 Å². The predicted octanol–water partition coefficient (Wildman–Crippen LogP) is 3.53. The molecule has 0 aliphatic rings. The number of rotatable bonds is 6. The summed E-state index contributed by atoms with van der Waals surface area (Å²) in [4.78, 5) is 24.3. The number of carbonyl (C=O) groups is 2. The molecule has 0 fully saturated rings. The number of aryl methyl sites for hydroxylation is 1. The lowest BCUT2D eigenvalue weighted by atomic mass is 10.1. The number of nitrogens with zero attached hydrogens (tertiary/aromatic N) is 1. The van der Waals surface area contributed by atoms with Crippen LogP contribution < -0.4 is 9.64 Å². The van der Waals surface area contributed by atoms with Crippen LogP contribution in [0.3, 0.4) is 0 Å². The number of amides is 1. The van der Waals surface area contributed by atoms with Crippen LogP contribution in [0.5, 0.6) is 5.06 Å². The van der Waals surface area contributed by atoms with Crippen molar-refractivity contribution in [2.45, 2.75) is 26.8 Å². The van der Waals surface area contributed by atoms with Gasteiger partial charge in [-0.3, -0.25) is 9.59 Å². The van der Waals surface area contributed by atoms with Crippen molar-refractivity contribution in [1.82, 2.24) is 0 Å². The fourth-order valence-electron chi connectivity index (χ4n) is 2.03. The highest BCUT2D eigenvalue weighted by Crippen LogP contribution is 2.31. The number of hydrogen-bond donors (Lipinski definition) is 0. The first kappa shape index (κ1) is 15.3. The third kappa shape index (κ3) is 3.70. The SMILES string of the molecule is CCC(=O)N(Cc1ccccc1C)c1csc(OC=O)c1. The molecule has 2 rings (SSSR count). The van der Waals surface area contributed by atoms with Gasteiger partial charge >= 0.3 is 0 Å². The van der Waals surface area contributed by atoms with Crippen LogP contribution in [0, 0.1) is 6.92 Å². The maximum absolute atomic E-state index is 12.2. The average molecular weight is 303 g/mol. The monoisotopic (exact) mass is 303 g/mol. The van der Waals surface area contributed by atoms with Gasteiger partial charge in [-0.1, -0.05) is 31.2 Å². The van der Waals surface area contributed by atoms with Crippen LogP contribution in [-0.4, -0.2) is 12.4 Å². The van der Waals surface area contributed by atoms with Gasteiger partial charge in [-0.25, -0.2) is 0 Å². The molecule has 0 aliphatic carbocycles. The molecule has 110 valence electrons. The Bertz CT molecular complexity index is 636. The lowest BCUT2D eigenvalue weighted by molar-refractivity contribution is -0.120. The number of benzene rings is 1. The van der Waals surface area contributed by atoms with Crippen LogP contribution in [0.15, 0.2) is 35.7 Å². The molecule has 0 bridgehead atoms. The van der Waals surface area contributed by atoms with E-state index in [1.54, 1.807) is 11.0 Å². The first-order valence-corrected chi connectivity index (χ1v) is 7.57. The van der Waals surface area contributed by atoms with E-state index in [2.05, 4.69) is 0 Å². The quantitative estimate of drug-likeness (QED) is 0.767. The Kier molecular flexibility index (Phi) is 5.11. The summed E-state index contributed by atoms with van der Waals surface area (Å²) in [5.74, 6) is 0.0358. The second-order valence-corrected chi connectivity index (χ2v) is 5.47. The van der Waals surface area contributed by atoms with Crippen LogP contribution >= 0.6 is 11.3 Å². The standard InChI is InChI=1S/C16H17NO3S/c1-3-15(19)17(9-13-7-5-4-6-12(13)2)14-8-16(20-11-18)21-10-14/h4-8,10-11H,3,9H2,1-2H3. The predicted molar refractivity (Wildman–Crippen MR) is 83.7 cm³/mol. The van der Waals surface area contributed by atoms with E-state index >= 15 is 0 Å². The first-order chi connectivity index (χ1) is 10.2. The molecule has 0 aliphatic heterocycles. The van der Waals surface area contributed by atoms with E-state index in [0.29, 0.717) is 24.5 Å². The molecule has 1 aromatic heterocycles. The summed E-state index contributed by atoms with van der Waals surface area (Å²) in [5, 5.41) is 2.31. The molecule has 0 radical (unpaired) electrons. The van der Waals surface area contributed by atoms with Crippen LogP contribution in [0.4, 0.5) is 5.69 Å². The van der Waals surface area contributed by atoms with Gasteiger partial charge in [0, 0.05) is 17.9 Å². The Balaban J connectivity index is 2.27. The molecular weight excluding hydrogens is 286 g/mol. The Labute approximate surface area is 128 Å². The molecular formula is C16H17NO3S. The normalized spacial score (nSPS) is 10.2. The molecule has 0 N–H and O–H groups in total. The van der Waals surface area contributed by atoms with Crippen molar-refractivity contribution in [2.75, 3.05) is 4.90 Å². The van der Waals surface area contributed by atoms with Crippen LogP contribution in [-0.2, 0) is 16.1 Å². The molecule has 1 amide bonds. The molecule has 0 spiro atoms. The van der Waals surface area contributed by atoms with Crippen molar-refractivity contribution in [3.63, 3.8) is 0 Å². The lowest BCUT2D eigenvalue weighted by Crippen LogP contribution is -2.29. The van der Waals surface area contributed by atoms with Gasteiger partial charge in [0.2, 0.25) is 5.91 Å². The Morgan fingerprint density at radius 2 is 2.14 bits per heavy atom. The van der Waals surface area contributed by atoms with E-state index in [1.807, 2.05) is 43.5 Å². The maximum atomic E-state index is 12.2. The summed E-state index contributed by atoms with van der Waals surface area (Å²) in [7, 11) is 0. The Morgan fingerprint density at radius 3 is 2.81 bits per heavy atom. The van der Waals surface area contributed by atoms with Crippen molar-refractivity contribution < 1.29 is 14.3 Å². The zero-order chi connectivity index (χ0) is 15.2. The lowest BCUT2D eigenvalue weighted by Gasteiger charge is -2.22. The van der Waals surface area contributed by atoms with Crippen molar-refractivity contribution in [3.05, 3.63) is 46.8 Å². The smallest absolute Gasteiger partial charge is 0.299 e. The first-order valence-electron chi connectivity index (χ1n) is 6.69. The number of thiophene rings is 1. The van der Waals surface area contributed by atoms with Gasteiger partial charge < -0.3 is 9.64 Å². The maximum Gasteiger partial charge on any atom is 0.299 e. The van der Waals surface area contributed by atoms with Gasteiger partial charge in [-0.05, 0) is 18.1 Å². The van der Waals surface area contributed by atoms with Gasteiger partial charge in [-0.15, -0.1) is 11.3 Å². The summed E-state index contributed by atoms with van der Waals surface area (Å²) in [5.41, 5.74) is 3.00. The fourth-order valence-corrected chi connectivity index (χ4v) is 2.75. The van der Waals surface area contributed by atoms with Crippen LogP contribution in [0.1, 0.15) is 24.5 Å². The topological polar surface area (TPSA) is 46.6 Å². The van der Waals surface area contributed by atoms with E-state index in [-0.39, 0.29) is 5.91 Å². The van der Waals surface area contributed by atoms with Gasteiger partial charge in [-0.2, -0.15) is 0 Å². The largest absolute Gasteiger partial charge is 0.418 e. The molecule has 1 heterocycles. The highest BCUT2D eigenvalue weighted by molar-refractivity contribution is 7.12.